The molecule has 1 N–H and O–H groups in total. The van der Waals surface area contributed by atoms with Gasteiger partial charge in [0.25, 0.3) is 0 Å². The van der Waals surface area contributed by atoms with Crippen LogP contribution in [0.2, 0.25) is 0 Å². The van der Waals surface area contributed by atoms with Crippen LogP contribution in [0.25, 0.3) is 0 Å². The fourth-order valence-electron chi connectivity index (χ4n) is 1.25. The summed E-state index contributed by atoms with van der Waals surface area (Å²) in [4.78, 5) is 2.09. The summed E-state index contributed by atoms with van der Waals surface area (Å²) < 4.78 is 5.48. The molecule has 0 saturated heterocycles. The van der Waals surface area contributed by atoms with Crippen molar-refractivity contribution in [2.75, 3.05) is 39.2 Å². The third-order valence-electron chi connectivity index (χ3n) is 2.22. The molecule has 0 bridgehead atoms. The molecule has 1 aromatic carbocycles. The first-order valence-electron chi connectivity index (χ1n) is 5.22. The summed E-state index contributed by atoms with van der Waals surface area (Å²) in [5, 5.41) is 3.05. The fourth-order valence-corrected chi connectivity index (χ4v) is 1.25. The van der Waals surface area contributed by atoms with Gasteiger partial charge in [-0.3, -0.25) is 0 Å². The number of likely N-dealkylation sites (N-methyl/N-ethyl adjacent to an activating group) is 1. The topological polar surface area (TPSA) is 24.5 Å². The lowest BCUT2D eigenvalue weighted by atomic mass is 10.2. The van der Waals surface area contributed by atoms with Crippen molar-refractivity contribution in [2.45, 2.75) is 6.61 Å². The van der Waals surface area contributed by atoms with Crippen LogP contribution in [0, 0.1) is 0 Å². The molecule has 3 heteroatoms. The molecule has 3 nitrogen and oxygen atoms in total. The van der Waals surface area contributed by atoms with Gasteiger partial charge in [0.15, 0.2) is 0 Å². The molecule has 15 heavy (non-hydrogen) atoms. The van der Waals surface area contributed by atoms with E-state index in [0.29, 0.717) is 6.61 Å². The van der Waals surface area contributed by atoms with Crippen LogP contribution in [0.15, 0.2) is 24.3 Å². The van der Waals surface area contributed by atoms with Gasteiger partial charge in [0.05, 0.1) is 13.2 Å². The molecule has 0 aromatic heterocycles. The minimum atomic E-state index is 0.690. The molecular weight excluding hydrogens is 188 g/mol. The second kappa shape index (κ2) is 6.43. The molecule has 0 fully saturated rings. The Labute approximate surface area is 92.0 Å². The standard InChI is InChI=1S/C12H20N2O/c1-13-8-9-15-10-11-4-6-12(7-5-11)14(2)3/h4-7,13H,8-10H2,1-3H3. The van der Waals surface area contributed by atoms with Crippen LogP contribution >= 0.6 is 0 Å². The van der Waals surface area contributed by atoms with Crippen molar-refractivity contribution >= 4 is 5.69 Å². The molecule has 0 aliphatic rings. The summed E-state index contributed by atoms with van der Waals surface area (Å²) in [6, 6.07) is 8.43. The Morgan fingerprint density at radius 3 is 2.40 bits per heavy atom. The van der Waals surface area contributed by atoms with E-state index in [4.69, 9.17) is 4.74 Å². The Hall–Kier alpha value is -1.06. The van der Waals surface area contributed by atoms with Crippen molar-refractivity contribution in [3.8, 4) is 0 Å². The molecule has 0 spiro atoms. The van der Waals surface area contributed by atoms with E-state index >= 15 is 0 Å². The summed E-state index contributed by atoms with van der Waals surface area (Å²) in [7, 11) is 6.01. The van der Waals surface area contributed by atoms with Crippen LogP contribution in [-0.4, -0.2) is 34.3 Å². The van der Waals surface area contributed by atoms with Gasteiger partial charge in [0.2, 0.25) is 0 Å². The van der Waals surface area contributed by atoms with Gasteiger partial charge >= 0.3 is 0 Å². The molecule has 0 unspecified atom stereocenters. The summed E-state index contributed by atoms with van der Waals surface area (Å²) in [5.41, 5.74) is 2.44. The molecule has 0 atom stereocenters. The molecule has 0 aliphatic carbocycles. The number of nitrogens with one attached hydrogen (secondary N) is 1. The number of ether oxygens (including phenoxy) is 1. The maximum atomic E-state index is 5.48. The maximum absolute atomic E-state index is 5.48. The second-order valence-corrected chi connectivity index (χ2v) is 3.72. The molecule has 0 heterocycles. The second-order valence-electron chi connectivity index (χ2n) is 3.72. The monoisotopic (exact) mass is 208 g/mol. The third kappa shape index (κ3) is 4.32. The lowest BCUT2D eigenvalue weighted by Gasteiger charge is -2.12. The van der Waals surface area contributed by atoms with Gasteiger partial charge in [-0.2, -0.15) is 0 Å². The van der Waals surface area contributed by atoms with Crippen molar-refractivity contribution in [1.82, 2.24) is 5.32 Å². The first kappa shape index (κ1) is 12.0. The average molecular weight is 208 g/mol. The number of hydrogen-bond donors (Lipinski definition) is 1. The number of hydrogen-bond acceptors (Lipinski definition) is 3. The van der Waals surface area contributed by atoms with Gasteiger partial charge in [-0.05, 0) is 24.7 Å². The van der Waals surface area contributed by atoms with Crippen molar-refractivity contribution in [3.63, 3.8) is 0 Å². The smallest absolute Gasteiger partial charge is 0.0717 e. The summed E-state index contributed by atoms with van der Waals surface area (Å²) >= 11 is 0. The number of rotatable bonds is 6. The van der Waals surface area contributed by atoms with E-state index in [-0.39, 0.29) is 0 Å². The Bertz CT molecular complexity index is 269. The normalized spacial score (nSPS) is 10.3. The van der Waals surface area contributed by atoms with Gasteiger partial charge in [-0.15, -0.1) is 0 Å². The van der Waals surface area contributed by atoms with Gasteiger partial charge < -0.3 is 15.0 Å². The molecular formula is C12H20N2O. The van der Waals surface area contributed by atoms with Gasteiger partial charge in [-0.1, -0.05) is 12.1 Å². The number of benzene rings is 1. The highest BCUT2D eigenvalue weighted by atomic mass is 16.5. The first-order chi connectivity index (χ1) is 7.24. The van der Waals surface area contributed by atoms with Crippen LogP contribution in [0.4, 0.5) is 5.69 Å². The van der Waals surface area contributed by atoms with E-state index < -0.39 is 0 Å². The number of nitrogens with zero attached hydrogens (tertiary/aromatic N) is 1. The maximum Gasteiger partial charge on any atom is 0.0717 e. The van der Waals surface area contributed by atoms with E-state index in [2.05, 4.69) is 34.5 Å². The quantitative estimate of drug-likeness (QED) is 0.717. The van der Waals surface area contributed by atoms with Crippen molar-refractivity contribution in [1.29, 1.82) is 0 Å². The van der Waals surface area contributed by atoms with E-state index in [1.165, 1.54) is 11.3 Å². The van der Waals surface area contributed by atoms with Gasteiger partial charge in [0, 0.05) is 26.3 Å². The lowest BCUT2D eigenvalue weighted by molar-refractivity contribution is 0.124. The predicted octanol–water partition coefficient (Wildman–Crippen LogP) is 1.49. The average Bonchev–Trinajstić information content (AvgIpc) is 2.25. The Morgan fingerprint density at radius 2 is 1.87 bits per heavy atom. The van der Waals surface area contributed by atoms with Crippen LogP contribution in [0.3, 0.4) is 0 Å². The zero-order valence-corrected chi connectivity index (χ0v) is 9.79. The first-order valence-corrected chi connectivity index (χ1v) is 5.22. The Balaban J connectivity index is 2.36. The van der Waals surface area contributed by atoms with E-state index in [0.717, 1.165) is 13.2 Å². The molecule has 0 radical (unpaired) electrons. The van der Waals surface area contributed by atoms with Crippen LogP contribution in [-0.2, 0) is 11.3 Å². The predicted molar refractivity (Wildman–Crippen MR) is 64.4 cm³/mol. The molecule has 1 rings (SSSR count). The SMILES string of the molecule is CNCCOCc1ccc(N(C)C)cc1. The lowest BCUT2D eigenvalue weighted by Crippen LogP contribution is -2.14. The van der Waals surface area contributed by atoms with Crippen LogP contribution in [0.1, 0.15) is 5.56 Å². The molecule has 84 valence electrons. The van der Waals surface area contributed by atoms with Crippen LogP contribution in [0.5, 0.6) is 0 Å². The summed E-state index contributed by atoms with van der Waals surface area (Å²) in [6.07, 6.45) is 0. The molecule has 0 aliphatic heterocycles. The van der Waals surface area contributed by atoms with Crippen LogP contribution < -0.4 is 10.2 Å². The highest BCUT2D eigenvalue weighted by Gasteiger charge is 1.96. The van der Waals surface area contributed by atoms with Crippen molar-refractivity contribution in [2.24, 2.45) is 0 Å². The van der Waals surface area contributed by atoms with Crippen molar-refractivity contribution < 1.29 is 4.74 Å². The van der Waals surface area contributed by atoms with Gasteiger partial charge in [0.1, 0.15) is 0 Å². The van der Waals surface area contributed by atoms with Crippen molar-refractivity contribution in [3.05, 3.63) is 29.8 Å². The Kier molecular flexibility index (Phi) is 5.15. The minimum Gasteiger partial charge on any atom is -0.378 e. The van der Waals surface area contributed by atoms with E-state index in [1.807, 2.05) is 21.1 Å². The highest BCUT2D eigenvalue weighted by molar-refractivity contribution is 5.45. The zero-order chi connectivity index (χ0) is 11.1. The molecule has 1 aromatic rings. The summed E-state index contributed by atoms with van der Waals surface area (Å²) in [5.74, 6) is 0. The Morgan fingerprint density at radius 1 is 1.20 bits per heavy atom. The molecule has 0 amide bonds. The third-order valence-corrected chi connectivity index (χ3v) is 2.22. The number of anilines is 1. The summed E-state index contributed by atoms with van der Waals surface area (Å²) in [6.45, 7) is 2.34. The fraction of sp³-hybridized carbons (Fsp3) is 0.500. The van der Waals surface area contributed by atoms with E-state index in [9.17, 15) is 0 Å². The highest BCUT2D eigenvalue weighted by Crippen LogP contribution is 2.12. The minimum absolute atomic E-state index is 0.690. The zero-order valence-electron chi connectivity index (χ0n) is 9.79. The molecule has 0 saturated carbocycles. The van der Waals surface area contributed by atoms with E-state index in [1.54, 1.807) is 0 Å². The largest absolute Gasteiger partial charge is 0.378 e. The van der Waals surface area contributed by atoms with Gasteiger partial charge in [-0.25, -0.2) is 0 Å².